The topological polar surface area (TPSA) is 72.6 Å². The highest BCUT2D eigenvalue weighted by molar-refractivity contribution is 6.34. The van der Waals surface area contributed by atoms with E-state index in [-0.39, 0.29) is 19.3 Å². The molecule has 0 atom stereocenters. The lowest BCUT2D eigenvalue weighted by Gasteiger charge is -2.10. The van der Waals surface area contributed by atoms with Gasteiger partial charge in [-0.2, -0.15) is 0 Å². The quantitative estimate of drug-likeness (QED) is 0.525. The predicted molar refractivity (Wildman–Crippen MR) is 108 cm³/mol. The molecule has 0 bridgehead atoms. The Morgan fingerprint density at radius 3 is 2.71 bits per heavy atom. The molecule has 1 aliphatic heterocycles. The van der Waals surface area contributed by atoms with Gasteiger partial charge in [-0.15, -0.1) is 0 Å². The van der Waals surface area contributed by atoms with Crippen LogP contribution >= 0.6 is 11.6 Å². The number of H-pyrrole nitrogens is 1. The van der Waals surface area contributed by atoms with Gasteiger partial charge in [0.05, 0.1) is 16.2 Å². The van der Waals surface area contributed by atoms with Crippen LogP contribution in [0.4, 0.5) is 5.69 Å². The highest BCUT2D eigenvalue weighted by atomic mass is 35.5. The average molecular weight is 395 g/mol. The number of halogens is 1. The van der Waals surface area contributed by atoms with E-state index in [0.29, 0.717) is 28.0 Å². The van der Waals surface area contributed by atoms with Gasteiger partial charge in [-0.25, -0.2) is 0 Å². The second-order valence-corrected chi connectivity index (χ2v) is 6.81. The van der Waals surface area contributed by atoms with E-state index >= 15 is 0 Å². The number of hydrogen-bond acceptors (Lipinski definition) is 4. The molecule has 1 aromatic heterocycles. The molecular weight excluding hydrogens is 380 g/mol. The van der Waals surface area contributed by atoms with Crippen LogP contribution in [0.25, 0.3) is 21.8 Å². The van der Waals surface area contributed by atoms with E-state index in [1.54, 1.807) is 12.1 Å². The second-order valence-electron chi connectivity index (χ2n) is 6.40. The molecule has 0 radical (unpaired) electrons. The fraction of sp³-hybridized carbons (Fsp3) is 0.0952. The third-order valence-corrected chi connectivity index (χ3v) is 4.90. The summed E-state index contributed by atoms with van der Waals surface area (Å²) in [6.45, 7) is -0.00108. The lowest BCUT2D eigenvalue weighted by molar-refractivity contribution is -0.118. The number of fused-ring (bicyclic) bond motifs is 4. The van der Waals surface area contributed by atoms with E-state index in [4.69, 9.17) is 25.8 Å². The fourth-order valence-corrected chi connectivity index (χ4v) is 3.47. The van der Waals surface area contributed by atoms with Crippen molar-refractivity contribution in [3.63, 3.8) is 0 Å². The lowest BCUT2D eigenvalue weighted by Crippen LogP contribution is -2.20. The Labute approximate surface area is 165 Å². The molecule has 3 aromatic carbocycles. The maximum atomic E-state index is 12.3. The van der Waals surface area contributed by atoms with E-state index in [9.17, 15) is 4.79 Å². The zero-order valence-corrected chi connectivity index (χ0v) is 15.4. The van der Waals surface area contributed by atoms with Gasteiger partial charge in [0, 0.05) is 34.5 Å². The van der Waals surface area contributed by atoms with Gasteiger partial charge in [-0.3, -0.25) is 4.79 Å². The summed E-state index contributed by atoms with van der Waals surface area (Å²) in [5.74, 6) is 1.39. The zero-order chi connectivity index (χ0) is 19.1. The largest absolute Gasteiger partial charge is 0.484 e. The van der Waals surface area contributed by atoms with Crippen LogP contribution in [0.3, 0.4) is 0 Å². The number of aromatic nitrogens is 1. The van der Waals surface area contributed by atoms with Gasteiger partial charge in [-0.05, 0) is 18.2 Å². The van der Waals surface area contributed by atoms with Crippen LogP contribution in [0.2, 0.25) is 5.02 Å². The Balaban J connectivity index is 1.29. The average Bonchev–Trinajstić information content (AvgIpc) is 3.29. The highest BCUT2D eigenvalue weighted by Gasteiger charge is 2.18. The maximum Gasteiger partial charge on any atom is 0.262 e. The predicted octanol–water partition coefficient (Wildman–Crippen LogP) is 4.72. The summed E-state index contributed by atoms with van der Waals surface area (Å²) >= 11 is 6.18. The molecule has 4 aromatic rings. The number of amides is 1. The van der Waals surface area contributed by atoms with Gasteiger partial charge in [0.1, 0.15) is 5.75 Å². The molecule has 0 fully saturated rings. The zero-order valence-electron chi connectivity index (χ0n) is 14.6. The Morgan fingerprint density at radius 2 is 1.82 bits per heavy atom. The number of para-hydroxylation sites is 1. The first-order valence-corrected chi connectivity index (χ1v) is 9.07. The van der Waals surface area contributed by atoms with Crippen LogP contribution in [-0.4, -0.2) is 24.3 Å². The number of anilines is 1. The number of benzene rings is 3. The summed E-state index contributed by atoms with van der Waals surface area (Å²) in [4.78, 5) is 15.6. The van der Waals surface area contributed by atoms with Crippen molar-refractivity contribution in [2.24, 2.45) is 0 Å². The summed E-state index contributed by atoms with van der Waals surface area (Å²) in [7, 11) is 0. The molecule has 2 N–H and O–H groups in total. The molecule has 0 saturated carbocycles. The summed E-state index contributed by atoms with van der Waals surface area (Å²) in [5, 5.41) is 5.36. The number of nitrogens with one attached hydrogen (secondary N) is 2. The Bertz CT molecular complexity index is 1220. The van der Waals surface area contributed by atoms with E-state index in [1.165, 1.54) is 0 Å². The number of hydrogen-bond donors (Lipinski definition) is 2. The number of rotatable bonds is 4. The molecule has 6 nitrogen and oxygen atoms in total. The van der Waals surface area contributed by atoms with Gasteiger partial charge in [0.15, 0.2) is 18.1 Å². The van der Waals surface area contributed by atoms with E-state index in [1.807, 2.05) is 36.4 Å². The minimum Gasteiger partial charge on any atom is -0.484 e. The molecule has 1 amide bonds. The van der Waals surface area contributed by atoms with Crippen LogP contribution in [0.1, 0.15) is 0 Å². The molecule has 140 valence electrons. The van der Waals surface area contributed by atoms with E-state index < -0.39 is 0 Å². The van der Waals surface area contributed by atoms with Crippen molar-refractivity contribution in [2.45, 2.75) is 0 Å². The number of ether oxygens (including phenoxy) is 3. The highest BCUT2D eigenvalue weighted by Crippen LogP contribution is 2.39. The SMILES string of the molecule is O=C(COc1ccc2c(c1)[nH]c1ccccc12)Nc1cc2c(cc1Cl)OCO2. The van der Waals surface area contributed by atoms with Crippen molar-refractivity contribution in [1.82, 2.24) is 4.98 Å². The van der Waals surface area contributed by atoms with Gasteiger partial charge >= 0.3 is 0 Å². The Kier molecular flexibility index (Phi) is 3.98. The van der Waals surface area contributed by atoms with Crippen LogP contribution < -0.4 is 19.5 Å². The number of aromatic amines is 1. The van der Waals surface area contributed by atoms with E-state index in [0.717, 1.165) is 21.8 Å². The van der Waals surface area contributed by atoms with Crippen LogP contribution in [0, 0.1) is 0 Å². The first-order valence-electron chi connectivity index (χ1n) is 8.70. The fourth-order valence-electron chi connectivity index (χ4n) is 3.27. The van der Waals surface area contributed by atoms with Crippen LogP contribution in [-0.2, 0) is 4.79 Å². The minimum atomic E-state index is -0.322. The number of carbonyl (C=O) groups is 1. The van der Waals surface area contributed by atoms with Crippen molar-refractivity contribution in [2.75, 3.05) is 18.7 Å². The van der Waals surface area contributed by atoms with Crippen molar-refractivity contribution in [1.29, 1.82) is 0 Å². The van der Waals surface area contributed by atoms with Gasteiger partial charge < -0.3 is 24.5 Å². The summed E-state index contributed by atoms with van der Waals surface area (Å²) in [5.41, 5.74) is 2.47. The second kappa shape index (κ2) is 6.65. The third kappa shape index (κ3) is 2.97. The van der Waals surface area contributed by atoms with Gasteiger partial charge in [-0.1, -0.05) is 29.8 Å². The monoisotopic (exact) mass is 394 g/mol. The summed E-state index contributed by atoms with van der Waals surface area (Å²) < 4.78 is 16.2. The Morgan fingerprint density at radius 1 is 1.04 bits per heavy atom. The van der Waals surface area contributed by atoms with E-state index in [2.05, 4.69) is 16.4 Å². The molecule has 0 aliphatic carbocycles. The molecule has 1 aliphatic rings. The number of carbonyl (C=O) groups excluding carboxylic acids is 1. The van der Waals surface area contributed by atoms with Crippen molar-refractivity contribution in [3.05, 3.63) is 59.6 Å². The Hall–Kier alpha value is -3.38. The van der Waals surface area contributed by atoms with Gasteiger partial charge in [0.2, 0.25) is 6.79 Å². The standard InChI is InChI=1S/C21H15ClN2O4/c22-15-8-19-20(28-11-27-19)9-18(15)24-21(25)10-26-12-5-6-14-13-3-1-2-4-16(13)23-17(14)7-12/h1-9,23H,10-11H2,(H,24,25). The molecule has 0 unspecified atom stereocenters. The summed E-state index contributed by atoms with van der Waals surface area (Å²) in [6.07, 6.45) is 0. The third-order valence-electron chi connectivity index (χ3n) is 4.58. The minimum absolute atomic E-state index is 0.141. The van der Waals surface area contributed by atoms with Crippen LogP contribution in [0.15, 0.2) is 54.6 Å². The van der Waals surface area contributed by atoms with Crippen molar-refractivity contribution < 1.29 is 19.0 Å². The first kappa shape index (κ1) is 16.8. The van der Waals surface area contributed by atoms with Gasteiger partial charge in [0.25, 0.3) is 5.91 Å². The molecule has 28 heavy (non-hydrogen) atoms. The molecule has 7 heteroatoms. The van der Waals surface area contributed by atoms with Crippen molar-refractivity contribution >= 4 is 45.0 Å². The lowest BCUT2D eigenvalue weighted by atomic mass is 10.1. The summed E-state index contributed by atoms with van der Waals surface area (Å²) in [6, 6.07) is 17.1. The molecule has 0 saturated heterocycles. The maximum absolute atomic E-state index is 12.3. The first-order chi connectivity index (χ1) is 13.7. The molecular formula is C21H15ClN2O4. The smallest absolute Gasteiger partial charge is 0.262 e. The molecule has 0 spiro atoms. The van der Waals surface area contributed by atoms with Crippen LogP contribution in [0.5, 0.6) is 17.2 Å². The molecule has 5 rings (SSSR count). The molecule has 2 heterocycles. The normalized spacial score (nSPS) is 12.5. The van der Waals surface area contributed by atoms with Crippen molar-refractivity contribution in [3.8, 4) is 17.2 Å².